The first-order valence-electron chi connectivity index (χ1n) is 16.5. The van der Waals surface area contributed by atoms with E-state index in [0.29, 0.717) is 5.89 Å². The van der Waals surface area contributed by atoms with Crippen LogP contribution in [0.15, 0.2) is 192 Å². The van der Waals surface area contributed by atoms with Crippen LogP contribution < -0.4 is 9.80 Å². The Labute approximate surface area is 284 Å². The summed E-state index contributed by atoms with van der Waals surface area (Å²) in [7, 11) is 0. The van der Waals surface area contributed by atoms with E-state index in [-0.39, 0.29) is 0 Å². The van der Waals surface area contributed by atoms with Gasteiger partial charge in [-0.1, -0.05) is 109 Å². The van der Waals surface area contributed by atoms with Gasteiger partial charge in [0, 0.05) is 39.4 Å². The molecule has 8 aromatic carbocycles. The maximum atomic E-state index is 6.59. The first-order chi connectivity index (χ1) is 24.3. The zero-order chi connectivity index (χ0) is 32.6. The van der Waals surface area contributed by atoms with Crippen molar-refractivity contribution in [3.05, 3.63) is 188 Å². The molecule has 0 saturated heterocycles. The number of hydrogen-bond acceptors (Lipinski definition) is 4. The highest BCUT2D eigenvalue weighted by Gasteiger charge is 2.24. The van der Waals surface area contributed by atoms with Crippen LogP contribution in [0.25, 0.3) is 44.1 Å². The summed E-state index contributed by atoms with van der Waals surface area (Å²) in [5, 5.41) is 4.53. The Morgan fingerprint density at radius 1 is 0.388 bits per heavy atom. The third kappa shape index (κ3) is 5.26. The quantitative estimate of drug-likeness (QED) is 0.176. The molecule has 0 spiro atoms. The van der Waals surface area contributed by atoms with Gasteiger partial charge in [0.2, 0.25) is 5.89 Å². The molecule has 232 valence electrons. The summed E-state index contributed by atoms with van der Waals surface area (Å²) >= 11 is 0. The maximum Gasteiger partial charge on any atom is 0.227 e. The first kappa shape index (κ1) is 28.6. The highest BCUT2D eigenvalue weighted by Crippen LogP contribution is 2.46. The highest BCUT2D eigenvalue weighted by molar-refractivity contribution is 6.13. The molecule has 49 heavy (non-hydrogen) atoms. The second-order valence-electron chi connectivity index (χ2n) is 12.1. The van der Waals surface area contributed by atoms with E-state index in [1.165, 1.54) is 10.8 Å². The molecule has 1 heterocycles. The van der Waals surface area contributed by atoms with Gasteiger partial charge in [-0.05, 0) is 95.0 Å². The van der Waals surface area contributed by atoms with E-state index in [4.69, 9.17) is 9.40 Å². The van der Waals surface area contributed by atoms with Gasteiger partial charge in [0.15, 0.2) is 5.58 Å². The Bertz CT molecular complexity index is 2510. The largest absolute Gasteiger partial charge is 0.436 e. The summed E-state index contributed by atoms with van der Waals surface area (Å²) < 4.78 is 6.59. The van der Waals surface area contributed by atoms with Crippen LogP contribution in [0.1, 0.15) is 0 Å². The van der Waals surface area contributed by atoms with Crippen molar-refractivity contribution in [3.63, 3.8) is 0 Å². The second-order valence-corrected chi connectivity index (χ2v) is 12.1. The lowest BCUT2D eigenvalue weighted by Gasteiger charge is -2.28. The van der Waals surface area contributed by atoms with E-state index in [1.807, 2.05) is 42.5 Å². The summed E-state index contributed by atoms with van der Waals surface area (Å²) in [6, 6.07) is 65.6. The molecule has 0 aliphatic rings. The van der Waals surface area contributed by atoms with Gasteiger partial charge >= 0.3 is 0 Å². The summed E-state index contributed by atoms with van der Waals surface area (Å²) in [4.78, 5) is 9.78. The van der Waals surface area contributed by atoms with Gasteiger partial charge in [0.1, 0.15) is 5.52 Å². The summed E-state index contributed by atoms with van der Waals surface area (Å²) in [5.74, 6) is 0.593. The predicted octanol–water partition coefficient (Wildman–Crippen LogP) is 12.7. The van der Waals surface area contributed by atoms with Crippen LogP contribution in [-0.2, 0) is 0 Å². The van der Waals surface area contributed by atoms with Crippen molar-refractivity contribution in [2.24, 2.45) is 0 Å². The normalized spacial score (nSPS) is 11.3. The van der Waals surface area contributed by atoms with Crippen LogP contribution in [0.3, 0.4) is 0 Å². The standard InChI is InChI=1S/C45H31N3O/c1-5-16-33(17-6-1)45-46-43-42(49-45)31-35-30-40(47(36-19-7-2-8-20-36)39-26-25-32-15-13-14-18-34(32)29-39)27-28-41(35)44(43)48(37-21-9-3-10-22-37)38-23-11-4-12-24-38/h1-31H. The SMILES string of the molecule is c1ccc(-c2nc3c(N(c4ccccc4)c4ccccc4)c4ccc(N(c5ccccc5)c5ccc6ccccc6c5)cc4cc3o2)cc1. The monoisotopic (exact) mass is 629 g/mol. The minimum absolute atomic E-state index is 0.593. The lowest BCUT2D eigenvalue weighted by molar-refractivity contribution is 0.620. The third-order valence-corrected chi connectivity index (χ3v) is 8.99. The topological polar surface area (TPSA) is 32.5 Å². The molecule has 0 aliphatic carbocycles. The van der Waals surface area contributed by atoms with Crippen LogP contribution in [-0.4, -0.2) is 4.98 Å². The molecule has 0 N–H and O–H groups in total. The Morgan fingerprint density at radius 2 is 0.898 bits per heavy atom. The molecule has 0 saturated carbocycles. The maximum absolute atomic E-state index is 6.59. The van der Waals surface area contributed by atoms with Crippen LogP contribution in [0.4, 0.5) is 34.1 Å². The van der Waals surface area contributed by atoms with E-state index in [2.05, 4.69) is 155 Å². The van der Waals surface area contributed by atoms with Crippen LogP contribution in [0.5, 0.6) is 0 Å². The average Bonchev–Trinajstić information content (AvgIpc) is 3.60. The van der Waals surface area contributed by atoms with Crippen LogP contribution >= 0.6 is 0 Å². The number of benzene rings is 8. The molecule has 0 aliphatic heterocycles. The van der Waals surface area contributed by atoms with Crippen LogP contribution in [0.2, 0.25) is 0 Å². The molecule has 0 atom stereocenters. The molecule has 0 radical (unpaired) electrons. The Balaban J connectivity index is 1.31. The summed E-state index contributed by atoms with van der Waals surface area (Å²) in [5.41, 5.74) is 8.75. The van der Waals surface area contributed by atoms with Crippen molar-refractivity contribution in [3.8, 4) is 11.5 Å². The lowest BCUT2D eigenvalue weighted by Crippen LogP contribution is -2.12. The number of hydrogen-bond donors (Lipinski definition) is 0. The van der Waals surface area contributed by atoms with Crippen molar-refractivity contribution >= 4 is 66.8 Å². The summed E-state index contributed by atoms with van der Waals surface area (Å²) in [6.45, 7) is 0. The van der Waals surface area contributed by atoms with Gasteiger partial charge in [-0.25, -0.2) is 4.98 Å². The number of fused-ring (bicyclic) bond motifs is 3. The number of nitrogens with zero attached hydrogens (tertiary/aromatic N) is 3. The van der Waals surface area contributed by atoms with Gasteiger partial charge < -0.3 is 14.2 Å². The second kappa shape index (κ2) is 12.2. The van der Waals surface area contributed by atoms with Crippen molar-refractivity contribution in [2.45, 2.75) is 0 Å². The average molecular weight is 630 g/mol. The Morgan fingerprint density at radius 3 is 1.53 bits per heavy atom. The van der Waals surface area contributed by atoms with E-state index < -0.39 is 0 Å². The molecular formula is C45H31N3O. The van der Waals surface area contributed by atoms with Crippen LogP contribution in [0, 0.1) is 0 Å². The van der Waals surface area contributed by atoms with Crippen molar-refractivity contribution in [1.82, 2.24) is 4.98 Å². The molecule has 4 heteroatoms. The highest BCUT2D eigenvalue weighted by atomic mass is 16.3. The molecule has 0 fully saturated rings. The zero-order valence-corrected chi connectivity index (χ0v) is 26.6. The van der Waals surface area contributed by atoms with E-state index in [1.54, 1.807) is 0 Å². The molecule has 1 aromatic heterocycles. The van der Waals surface area contributed by atoms with Gasteiger partial charge in [-0.15, -0.1) is 0 Å². The summed E-state index contributed by atoms with van der Waals surface area (Å²) in [6.07, 6.45) is 0. The molecule has 0 amide bonds. The van der Waals surface area contributed by atoms with Gasteiger partial charge in [0.05, 0.1) is 5.69 Å². The molecular weight excluding hydrogens is 599 g/mol. The Kier molecular flexibility index (Phi) is 7.10. The lowest BCUT2D eigenvalue weighted by atomic mass is 10.0. The van der Waals surface area contributed by atoms with Gasteiger partial charge in [0.25, 0.3) is 0 Å². The first-order valence-corrected chi connectivity index (χ1v) is 16.5. The molecule has 0 bridgehead atoms. The molecule has 0 unspecified atom stereocenters. The number of rotatable bonds is 7. The molecule has 9 rings (SSSR count). The van der Waals surface area contributed by atoms with E-state index >= 15 is 0 Å². The smallest absolute Gasteiger partial charge is 0.227 e. The molecule has 9 aromatic rings. The van der Waals surface area contributed by atoms with Crippen molar-refractivity contribution < 1.29 is 4.42 Å². The molecule has 4 nitrogen and oxygen atoms in total. The van der Waals surface area contributed by atoms with E-state index in [9.17, 15) is 0 Å². The number of para-hydroxylation sites is 3. The third-order valence-electron chi connectivity index (χ3n) is 8.99. The van der Waals surface area contributed by atoms with Gasteiger partial charge in [-0.3, -0.25) is 0 Å². The fourth-order valence-corrected chi connectivity index (χ4v) is 6.72. The fraction of sp³-hybridized carbons (Fsp3) is 0. The Hall–Kier alpha value is -6.65. The zero-order valence-electron chi connectivity index (χ0n) is 26.6. The number of aromatic nitrogens is 1. The fourth-order valence-electron chi connectivity index (χ4n) is 6.72. The van der Waals surface area contributed by atoms with E-state index in [0.717, 1.165) is 61.6 Å². The predicted molar refractivity (Wildman–Crippen MR) is 204 cm³/mol. The minimum Gasteiger partial charge on any atom is -0.436 e. The van der Waals surface area contributed by atoms with Crippen molar-refractivity contribution in [1.29, 1.82) is 0 Å². The van der Waals surface area contributed by atoms with Crippen molar-refractivity contribution in [2.75, 3.05) is 9.80 Å². The number of anilines is 6. The number of oxazole rings is 1. The minimum atomic E-state index is 0.593. The van der Waals surface area contributed by atoms with Gasteiger partial charge in [-0.2, -0.15) is 0 Å².